The summed E-state index contributed by atoms with van der Waals surface area (Å²) in [5, 5.41) is 8.52. The van der Waals surface area contributed by atoms with Crippen molar-refractivity contribution in [1.29, 1.82) is 0 Å². The van der Waals surface area contributed by atoms with Crippen LogP contribution in [0.15, 0.2) is 12.3 Å². The van der Waals surface area contributed by atoms with Crippen molar-refractivity contribution in [2.45, 2.75) is 34.1 Å². The van der Waals surface area contributed by atoms with Crippen molar-refractivity contribution < 1.29 is 14.3 Å². The second-order valence-electron chi connectivity index (χ2n) is 6.17. The molecule has 3 heterocycles. The molecule has 0 aliphatic rings. The molecule has 0 radical (unpaired) electrons. The van der Waals surface area contributed by atoms with Crippen LogP contribution < -0.4 is 5.32 Å². The van der Waals surface area contributed by atoms with Crippen LogP contribution in [0, 0.1) is 13.8 Å². The Balaban J connectivity index is 1.96. The van der Waals surface area contributed by atoms with Crippen LogP contribution in [0.25, 0.3) is 11.0 Å². The van der Waals surface area contributed by atoms with Crippen LogP contribution in [-0.4, -0.2) is 33.2 Å². The number of hydrogen-bond donors (Lipinski definition) is 1. The highest BCUT2D eigenvalue weighted by molar-refractivity contribution is 7.16. The lowest BCUT2D eigenvalue weighted by Crippen LogP contribution is -2.15. The van der Waals surface area contributed by atoms with E-state index in [1.807, 2.05) is 27.8 Å². The van der Waals surface area contributed by atoms with Gasteiger partial charge in [-0.3, -0.25) is 9.48 Å². The van der Waals surface area contributed by atoms with E-state index in [2.05, 4.69) is 15.4 Å². The molecule has 0 spiro atoms. The maximum absolute atomic E-state index is 12.8. The first-order valence-electron chi connectivity index (χ1n) is 8.77. The highest BCUT2D eigenvalue weighted by Crippen LogP contribution is 2.34. The summed E-state index contributed by atoms with van der Waals surface area (Å²) in [6.45, 7) is 7.84. The van der Waals surface area contributed by atoms with Gasteiger partial charge in [0.05, 0.1) is 23.4 Å². The highest BCUT2D eigenvalue weighted by atomic mass is 32.1. The number of hydrogen-bond acceptors (Lipinski definition) is 6. The molecular weight excluding hydrogens is 364 g/mol. The number of fused-ring (bicyclic) bond motifs is 1. The lowest BCUT2D eigenvalue weighted by Gasteiger charge is -2.08. The molecule has 3 aromatic rings. The number of ether oxygens (including phenoxy) is 1. The Morgan fingerprint density at radius 3 is 2.70 bits per heavy atom. The van der Waals surface area contributed by atoms with Crippen molar-refractivity contribution in [3.63, 3.8) is 0 Å². The smallest absolute Gasteiger partial charge is 0.341 e. The third-order valence-corrected chi connectivity index (χ3v) is 5.46. The number of esters is 1. The molecule has 8 heteroatoms. The third kappa shape index (κ3) is 3.44. The monoisotopic (exact) mass is 386 g/mol. The topological polar surface area (TPSA) is 86.1 Å². The summed E-state index contributed by atoms with van der Waals surface area (Å²) in [5.41, 5.74) is 3.29. The minimum atomic E-state index is -0.411. The van der Waals surface area contributed by atoms with Gasteiger partial charge in [-0.1, -0.05) is 6.92 Å². The molecule has 0 saturated heterocycles. The van der Waals surface area contributed by atoms with Gasteiger partial charge in [-0.15, -0.1) is 11.3 Å². The molecule has 1 N–H and O–H groups in total. The lowest BCUT2D eigenvalue weighted by molar-refractivity contribution is 0.0527. The van der Waals surface area contributed by atoms with Crippen molar-refractivity contribution in [3.8, 4) is 0 Å². The quantitative estimate of drug-likeness (QED) is 0.677. The van der Waals surface area contributed by atoms with Crippen LogP contribution in [0.5, 0.6) is 0 Å². The Hall–Kier alpha value is -2.74. The molecule has 0 aliphatic heterocycles. The first-order valence-corrected chi connectivity index (χ1v) is 9.59. The predicted octanol–water partition coefficient (Wildman–Crippen LogP) is 3.64. The molecule has 3 rings (SSSR count). The highest BCUT2D eigenvalue weighted by Gasteiger charge is 2.24. The van der Waals surface area contributed by atoms with Crippen molar-refractivity contribution in [2.24, 2.45) is 7.05 Å². The molecule has 7 nitrogen and oxygen atoms in total. The summed E-state index contributed by atoms with van der Waals surface area (Å²) >= 11 is 1.38. The molecule has 0 atom stereocenters. The number of thiophene rings is 1. The van der Waals surface area contributed by atoms with Gasteiger partial charge >= 0.3 is 5.97 Å². The van der Waals surface area contributed by atoms with E-state index in [0.29, 0.717) is 22.5 Å². The molecule has 0 saturated carbocycles. The van der Waals surface area contributed by atoms with Crippen LogP contribution in [0.1, 0.15) is 50.7 Å². The zero-order chi connectivity index (χ0) is 19.7. The van der Waals surface area contributed by atoms with Gasteiger partial charge in [-0.2, -0.15) is 5.10 Å². The number of amides is 1. The van der Waals surface area contributed by atoms with Crippen molar-refractivity contribution in [2.75, 3.05) is 11.9 Å². The number of carbonyl (C=O) groups excluding carboxylic acids is 2. The molecule has 0 unspecified atom stereocenters. The van der Waals surface area contributed by atoms with Gasteiger partial charge in [-0.25, -0.2) is 9.78 Å². The van der Waals surface area contributed by atoms with E-state index in [0.717, 1.165) is 27.2 Å². The summed E-state index contributed by atoms with van der Waals surface area (Å²) in [7, 11) is 1.81. The van der Waals surface area contributed by atoms with E-state index in [4.69, 9.17) is 4.74 Å². The van der Waals surface area contributed by atoms with Crippen molar-refractivity contribution in [3.05, 3.63) is 39.5 Å². The van der Waals surface area contributed by atoms with Crippen molar-refractivity contribution in [1.82, 2.24) is 14.8 Å². The Labute approximate surface area is 161 Å². The van der Waals surface area contributed by atoms with Gasteiger partial charge in [0.1, 0.15) is 5.00 Å². The standard InChI is InChI=1S/C19H22N4O3S/c1-6-13-11(4)27-18(15(13)19(25)26-7-2)21-17(24)12-8-14-10(3)22-23(5)16(14)20-9-12/h8-9H,6-7H2,1-5H3,(H,21,24). The number of rotatable bonds is 5. The van der Waals surface area contributed by atoms with Gasteiger partial charge in [0.25, 0.3) is 5.91 Å². The van der Waals surface area contributed by atoms with Crippen molar-refractivity contribution >= 4 is 39.2 Å². The summed E-state index contributed by atoms with van der Waals surface area (Å²) in [6, 6.07) is 1.77. The normalized spacial score (nSPS) is 11.0. The summed E-state index contributed by atoms with van der Waals surface area (Å²) < 4.78 is 6.86. The van der Waals surface area contributed by atoms with Gasteiger partial charge < -0.3 is 10.1 Å². The second kappa shape index (κ2) is 7.48. The number of anilines is 1. The second-order valence-corrected chi connectivity index (χ2v) is 7.40. The molecule has 3 aromatic heterocycles. The van der Waals surface area contributed by atoms with E-state index < -0.39 is 5.97 Å². The van der Waals surface area contributed by atoms with Gasteiger partial charge in [-0.05, 0) is 38.8 Å². The molecule has 142 valence electrons. The number of aryl methyl sites for hydroxylation is 3. The minimum absolute atomic E-state index is 0.283. The van der Waals surface area contributed by atoms with Gasteiger partial charge in [0.2, 0.25) is 0 Å². The number of pyridine rings is 1. The van der Waals surface area contributed by atoms with E-state index >= 15 is 0 Å². The van der Waals surface area contributed by atoms with E-state index in [1.165, 1.54) is 17.5 Å². The van der Waals surface area contributed by atoms with E-state index in [-0.39, 0.29) is 12.5 Å². The number of aromatic nitrogens is 3. The maximum atomic E-state index is 12.8. The third-order valence-electron chi connectivity index (χ3n) is 4.39. The minimum Gasteiger partial charge on any atom is -0.462 e. The summed E-state index contributed by atoms with van der Waals surface area (Å²) in [6.07, 6.45) is 2.21. The molecule has 1 amide bonds. The number of carbonyl (C=O) groups is 2. The predicted molar refractivity (Wildman–Crippen MR) is 106 cm³/mol. The number of nitrogens with one attached hydrogen (secondary N) is 1. The maximum Gasteiger partial charge on any atom is 0.341 e. The zero-order valence-electron chi connectivity index (χ0n) is 16.0. The Morgan fingerprint density at radius 2 is 2.04 bits per heavy atom. The van der Waals surface area contributed by atoms with Crippen LogP contribution in [0.3, 0.4) is 0 Å². The number of nitrogens with zero attached hydrogens (tertiary/aromatic N) is 3. The average Bonchev–Trinajstić information content (AvgIpc) is 3.10. The van der Waals surface area contributed by atoms with Crippen LogP contribution >= 0.6 is 11.3 Å². The fourth-order valence-electron chi connectivity index (χ4n) is 3.12. The fourth-order valence-corrected chi connectivity index (χ4v) is 4.25. The molecule has 27 heavy (non-hydrogen) atoms. The van der Waals surface area contributed by atoms with E-state index in [1.54, 1.807) is 17.7 Å². The summed E-state index contributed by atoms with van der Waals surface area (Å²) in [5.74, 6) is -0.729. The van der Waals surface area contributed by atoms with E-state index in [9.17, 15) is 9.59 Å². The Bertz CT molecular complexity index is 1040. The first kappa shape index (κ1) is 19.0. The Kier molecular flexibility index (Phi) is 5.27. The van der Waals surface area contributed by atoms with Crippen LogP contribution in [-0.2, 0) is 18.2 Å². The fraction of sp³-hybridized carbons (Fsp3) is 0.368. The van der Waals surface area contributed by atoms with Crippen LogP contribution in [0.2, 0.25) is 0 Å². The van der Waals surface area contributed by atoms with Gasteiger partial charge in [0, 0.05) is 23.5 Å². The molecule has 0 aliphatic carbocycles. The average molecular weight is 386 g/mol. The molecule has 0 bridgehead atoms. The SMILES string of the molecule is CCOC(=O)c1c(NC(=O)c2cnc3c(c2)c(C)nn3C)sc(C)c1CC. The molecular formula is C19H22N4O3S. The van der Waals surface area contributed by atoms with Crippen LogP contribution in [0.4, 0.5) is 5.00 Å². The zero-order valence-corrected chi connectivity index (χ0v) is 16.9. The molecule has 0 aromatic carbocycles. The Morgan fingerprint density at radius 1 is 1.30 bits per heavy atom. The van der Waals surface area contributed by atoms with Gasteiger partial charge in [0.15, 0.2) is 5.65 Å². The lowest BCUT2D eigenvalue weighted by atomic mass is 10.1. The first-order chi connectivity index (χ1) is 12.9. The summed E-state index contributed by atoms with van der Waals surface area (Å²) in [4.78, 5) is 30.5. The molecule has 0 fully saturated rings. The largest absolute Gasteiger partial charge is 0.462 e.